The third kappa shape index (κ3) is 7.35. The summed E-state index contributed by atoms with van der Waals surface area (Å²) in [6.07, 6.45) is 4.48. The molecular formula is C33H41N5O7S2. The van der Waals surface area contributed by atoms with E-state index in [0.717, 1.165) is 45.2 Å². The second-order valence-electron chi connectivity index (χ2n) is 11.9. The van der Waals surface area contributed by atoms with Crippen LogP contribution >= 0.6 is 0 Å². The molecule has 3 heterocycles. The smallest absolute Gasteiger partial charge is 0.264 e. The molecule has 2 N–H and O–H groups in total. The Morgan fingerprint density at radius 1 is 0.723 bits per heavy atom. The summed E-state index contributed by atoms with van der Waals surface area (Å²) >= 11 is 0. The van der Waals surface area contributed by atoms with Gasteiger partial charge in [-0.05, 0) is 86.3 Å². The number of carbonyl (C=O) groups is 1. The van der Waals surface area contributed by atoms with Gasteiger partial charge in [-0.2, -0.15) is 4.31 Å². The van der Waals surface area contributed by atoms with E-state index in [1.807, 2.05) is 9.80 Å². The van der Waals surface area contributed by atoms with Crippen molar-refractivity contribution in [3.05, 3.63) is 66.2 Å². The van der Waals surface area contributed by atoms with Gasteiger partial charge in [0, 0.05) is 56.3 Å². The number of ether oxygens (including phenoxy) is 2. The summed E-state index contributed by atoms with van der Waals surface area (Å²) in [6.45, 7) is 4.38. The average molecular weight is 684 g/mol. The fourth-order valence-electron chi connectivity index (χ4n) is 6.29. The van der Waals surface area contributed by atoms with Crippen LogP contribution in [0, 0.1) is 0 Å². The van der Waals surface area contributed by atoms with Gasteiger partial charge < -0.3 is 24.6 Å². The van der Waals surface area contributed by atoms with Gasteiger partial charge in [-0.3, -0.25) is 9.52 Å². The van der Waals surface area contributed by atoms with Crippen molar-refractivity contribution >= 4 is 48.7 Å². The van der Waals surface area contributed by atoms with Gasteiger partial charge in [0.1, 0.15) is 10.6 Å². The van der Waals surface area contributed by atoms with E-state index >= 15 is 0 Å². The maximum Gasteiger partial charge on any atom is 0.264 e. The first-order valence-electron chi connectivity index (χ1n) is 16.0. The highest BCUT2D eigenvalue weighted by Crippen LogP contribution is 2.34. The minimum Gasteiger partial charge on any atom is -0.497 e. The molecule has 3 fully saturated rings. The van der Waals surface area contributed by atoms with Gasteiger partial charge in [-0.25, -0.2) is 16.8 Å². The average Bonchev–Trinajstić information content (AvgIpc) is 3.64. The number of sulfonamides is 2. The van der Waals surface area contributed by atoms with Crippen LogP contribution in [0.4, 0.5) is 22.7 Å². The van der Waals surface area contributed by atoms with Gasteiger partial charge in [0.05, 0.1) is 36.5 Å². The molecule has 252 valence electrons. The second kappa shape index (κ2) is 14.1. The van der Waals surface area contributed by atoms with E-state index in [0.29, 0.717) is 62.2 Å². The van der Waals surface area contributed by atoms with Crippen LogP contribution in [-0.2, 0) is 24.8 Å². The van der Waals surface area contributed by atoms with Crippen molar-refractivity contribution in [2.75, 3.05) is 79.4 Å². The van der Waals surface area contributed by atoms with Gasteiger partial charge in [0.15, 0.2) is 0 Å². The Bertz CT molecular complexity index is 1800. The molecule has 0 atom stereocenters. The summed E-state index contributed by atoms with van der Waals surface area (Å²) in [7, 11) is -6.35. The number of nitrogens with zero attached hydrogens (tertiary/aromatic N) is 3. The SMILES string of the molecule is COc1ccc(NS(=O)(=O)c2cc(NC(=O)c3cc(S(=O)(=O)N4CCCCC4)ccc3N3CCOCC3)ccc2N2CCCC2)cc1. The number of nitrogens with one attached hydrogen (secondary N) is 2. The molecule has 0 aromatic heterocycles. The number of hydrogen-bond donors (Lipinski definition) is 2. The first kappa shape index (κ1) is 33.1. The number of methoxy groups -OCH3 is 1. The zero-order valence-corrected chi connectivity index (χ0v) is 28.1. The molecule has 0 aliphatic carbocycles. The van der Waals surface area contributed by atoms with E-state index in [-0.39, 0.29) is 21.0 Å². The van der Waals surface area contributed by atoms with Crippen molar-refractivity contribution < 1.29 is 31.1 Å². The summed E-state index contributed by atoms with van der Waals surface area (Å²) < 4.78 is 69.7. The van der Waals surface area contributed by atoms with Crippen molar-refractivity contribution in [1.82, 2.24) is 4.31 Å². The maximum atomic E-state index is 14.0. The molecule has 12 nitrogen and oxygen atoms in total. The van der Waals surface area contributed by atoms with E-state index in [4.69, 9.17) is 9.47 Å². The fraction of sp³-hybridized carbons (Fsp3) is 0.424. The van der Waals surface area contributed by atoms with E-state index in [1.165, 1.54) is 23.5 Å². The molecule has 3 aromatic carbocycles. The molecule has 6 rings (SSSR count). The lowest BCUT2D eigenvalue weighted by molar-refractivity contribution is 0.102. The first-order valence-corrected chi connectivity index (χ1v) is 18.9. The second-order valence-corrected chi connectivity index (χ2v) is 15.5. The summed E-state index contributed by atoms with van der Waals surface area (Å²) in [4.78, 5) is 18.1. The third-order valence-corrected chi connectivity index (χ3v) is 12.1. The van der Waals surface area contributed by atoms with E-state index in [9.17, 15) is 21.6 Å². The summed E-state index contributed by atoms with van der Waals surface area (Å²) in [6, 6.07) is 16.1. The topological polar surface area (TPSA) is 138 Å². The maximum absolute atomic E-state index is 14.0. The number of rotatable bonds is 10. The molecule has 0 radical (unpaired) electrons. The molecule has 3 saturated heterocycles. The molecule has 0 spiro atoms. The standard InChI is InChI=1S/C33H41N5O7S2/c1-44-27-10-7-25(8-11-27)35-46(40,41)32-23-26(9-13-31(32)36-15-5-6-16-36)34-33(39)29-24-28(47(42,43)38-17-3-2-4-18-38)12-14-30(29)37-19-21-45-22-20-37/h7-14,23-24,35H,2-6,15-22H2,1H3,(H,34,39). The van der Waals surface area contributed by atoms with Gasteiger partial charge >= 0.3 is 0 Å². The van der Waals surface area contributed by atoms with E-state index in [1.54, 1.807) is 48.5 Å². The molecule has 14 heteroatoms. The summed E-state index contributed by atoms with van der Waals surface area (Å²) in [5, 5.41) is 2.87. The lowest BCUT2D eigenvalue weighted by Gasteiger charge is -2.31. The highest BCUT2D eigenvalue weighted by molar-refractivity contribution is 7.93. The highest BCUT2D eigenvalue weighted by atomic mass is 32.2. The van der Waals surface area contributed by atoms with Crippen molar-refractivity contribution in [1.29, 1.82) is 0 Å². The summed E-state index contributed by atoms with van der Waals surface area (Å²) in [5.41, 5.74) is 1.96. The van der Waals surface area contributed by atoms with Crippen molar-refractivity contribution in [2.24, 2.45) is 0 Å². The van der Waals surface area contributed by atoms with Crippen LogP contribution in [0.25, 0.3) is 0 Å². The van der Waals surface area contributed by atoms with Crippen LogP contribution in [0.1, 0.15) is 42.5 Å². The Labute approximate surface area is 276 Å². The van der Waals surface area contributed by atoms with E-state index < -0.39 is 26.0 Å². The molecule has 3 aliphatic rings. The number of carbonyl (C=O) groups excluding carboxylic acids is 1. The molecule has 0 saturated carbocycles. The number of anilines is 4. The van der Waals surface area contributed by atoms with Crippen LogP contribution in [0.2, 0.25) is 0 Å². The Balaban J connectivity index is 1.34. The van der Waals surface area contributed by atoms with Crippen LogP contribution < -0.4 is 24.6 Å². The minimum absolute atomic E-state index is 0.0304. The van der Waals surface area contributed by atoms with E-state index in [2.05, 4.69) is 10.0 Å². The Kier molecular flexibility index (Phi) is 9.92. The lowest BCUT2D eigenvalue weighted by Crippen LogP contribution is -2.38. The summed E-state index contributed by atoms with van der Waals surface area (Å²) in [5.74, 6) is 0.0576. The number of amides is 1. The molecule has 0 bridgehead atoms. The Morgan fingerprint density at radius 2 is 1.34 bits per heavy atom. The van der Waals surface area contributed by atoms with Crippen molar-refractivity contribution in [3.63, 3.8) is 0 Å². The number of hydrogen-bond acceptors (Lipinski definition) is 9. The van der Waals surface area contributed by atoms with Crippen molar-refractivity contribution in [3.8, 4) is 5.75 Å². The highest BCUT2D eigenvalue weighted by Gasteiger charge is 2.30. The zero-order valence-electron chi connectivity index (χ0n) is 26.5. The molecule has 0 unspecified atom stereocenters. The van der Waals surface area contributed by atoms with Crippen molar-refractivity contribution in [2.45, 2.75) is 41.9 Å². The normalized spacial score (nSPS) is 17.8. The molecule has 3 aromatic rings. The fourth-order valence-corrected chi connectivity index (χ4v) is 9.14. The minimum atomic E-state index is -4.08. The van der Waals surface area contributed by atoms with Crippen LogP contribution in [0.3, 0.4) is 0 Å². The van der Waals surface area contributed by atoms with Crippen LogP contribution in [-0.4, -0.2) is 86.6 Å². The molecule has 47 heavy (non-hydrogen) atoms. The Hall–Kier alpha value is -3.85. The third-order valence-electron chi connectivity index (χ3n) is 8.81. The number of morpholine rings is 1. The van der Waals surface area contributed by atoms with Gasteiger partial charge in [-0.1, -0.05) is 6.42 Å². The first-order chi connectivity index (χ1) is 22.7. The molecule has 3 aliphatic heterocycles. The molecular weight excluding hydrogens is 643 g/mol. The zero-order chi connectivity index (χ0) is 33.0. The number of piperidine rings is 1. The Morgan fingerprint density at radius 3 is 2.02 bits per heavy atom. The lowest BCUT2D eigenvalue weighted by atomic mass is 10.1. The quantitative estimate of drug-likeness (QED) is 0.319. The number of benzene rings is 3. The van der Waals surface area contributed by atoms with Crippen LogP contribution in [0.15, 0.2) is 70.5 Å². The predicted molar refractivity (Wildman–Crippen MR) is 182 cm³/mol. The monoisotopic (exact) mass is 683 g/mol. The van der Waals surface area contributed by atoms with Crippen LogP contribution in [0.5, 0.6) is 5.75 Å². The predicted octanol–water partition coefficient (Wildman–Crippen LogP) is 4.36. The molecule has 1 amide bonds. The largest absolute Gasteiger partial charge is 0.497 e. The van der Waals surface area contributed by atoms with Gasteiger partial charge in [-0.15, -0.1) is 0 Å². The van der Waals surface area contributed by atoms with Gasteiger partial charge in [0.2, 0.25) is 10.0 Å². The van der Waals surface area contributed by atoms with Gasteiger partial charge in [0.25, 0.3) is 15.9 Å².